The number of nitrogens with one attached hydrogen (secondary N) is 2. The van der Waals surface area contributed by atoms with E-state index in [1.54, 1.807) is 0 Å². The van der Waals surface area contributed by atoms with Gasteiger partial charge in [0.25, 0.3) is 0 Å². The summed E-state index contributed by atoms with van der Waals surface area (Å²) < 4.78 is 0. The molecule has 2 aliphatic heterocycles. The summed E-state index contributed by atoms with van der Waals surface area (Å²) in [5, 5.41) is 7.20. The number of halogens is 1. The number of fused-ring (bicyclic) bond motifs is 1. The van der Waals surface area contributed by atoms with Gasteiger partial charge in [-0.1, -0.05) is 41.9 Å². The van der Waals surface area contributed by atoms with E-state index in [2.05, 4.69) is 46.4 Å². The van der Waals surface area contributed by atoms with Crippen LogP contribution in [0.25, 0.3) is 11.2 Å². The normalized spacial score (nSPS) is 17.2. The van der Waals surface area contributed by atoms with Crippen LogP contribution in [0.15, 0.2) is 30.3 Å². The molecule has 2 saturated heterocycles. The van der Waals surface area contributed by atoms with Gasteiger partial charge in [-0.2, -0.15) is 9.97 Å². The Balaban J connectivity index is 1.57. The van der Waals surface area contributed by atoms with Crippen LogP contribution in [0.3, 0.4) is 0 Å². The number of rotatable bonds is 5. The SMILES string of the molecule is CC(C)(Nc1nc2nc(N3CCNCC3)nc(N3CCCC3)c2nc1Cl)c1ccccc1. The van der Waals surface area contributed by atoms with Crippen LogP contribution >= 0.6 is 11.6 Å². The molecule has 5 rings (SSSR count). The molecule has 0 radical (unpaired) electrons. The summed E-state index contributed by atoms with van der Waals surface area (Å²) in [6.07, 6.45) is 2.31. The van der Waals surface area contributed by atoms with Gasteiger partial charge in [0.15, 0.2) is 28.0 Å². The molecule has 0 atom stereocenters. The fourth-order valence-electron chi connectivity index (χ4n) is 4.36. The zero-order valence-electron chi connectivity index (χ0n) is 18.6. The summed E-state index contributed by atoms with van der Waals surface area (Å²) in [6, 6.07) is 10.2. The molecule has 0 amide bonds. The minimum atomic E-state index is -0.376. The fraction of sp³-hybridized carbons (Fsp3) is 0.478. The van der Waals surface area contributed by atoms with Gasteiger partial charge in [-0.15, -0.1) is 0 Å². The fourth-order valence-corrected chi connectivity index (χ4v) is 4.53. The number of anilines is 3. The average molecular weight is 453 g/mol. The highest BCUT2D eigenvalue weighted by Crippen LogP contribution is 2.33. The van der Waals surface area contributed by atoms with Gasteiger partial charge in [0.05, 0.1) is 5.54 Å². The lowest BCUT2D eigenvalue weighted by Gasteiger charge is -2.29. The van der Waals surface area contributed by atoms with Crippen molar-refractivity contribution < 1.29 is 0 Å². The first kappa shape index (κ1) is 21.2. The third-order valence-corrected chi connectivity index (χ3v) is 6.45. The largest absolute Gasteiger partial charge is 0.358 e. The van der Waals surface area contributed by atoms with Gasteiger partial charge in [0.1, 0.15) is 0 Å². The van der Waals surface area contributed by atoms with Crippen LogP contribution in [0.2, 0.25) is 5.15 Å². The van der Waals surface area contributed by atoms with E-state index in [1.807, 2.05) is 18.2 Å². The van der Waals surface area contributed by atoms with Crippen molar-refractivity contribution in [3.05, 3.63) is 41.0 Å². The van der Waals surface area contributed by atoms with Crippen LogP contribution in [0.4, 0.5) is 17.6 Å². The standard InChI is InChI=1S/C23H29ClN8/c1-23(2,16-8-4-3-5-9-16)30-20-18(24)26-17-19(27-20)28-22(32-14-10-25-11-15-32)29-21(17)31-12-6-7-13-31/h3-5,8-9,25H,6-7,10-15H2,1-2H3,(H,27,28,29,30). The maximum atomic E-state index is 6.64. The molecule has 1 aromatic carbocycles. The molecule has 8 nitrogen and oxygen atoms in total. The van der Waals surface area contributed by atoms with E-state index in [-0.39, 0.29) is 5.54 Å². The van der Waals surface area contributed by atoms with Crippen molar-refractivity contribution in [2.75, 3.05) is 54.4 Å². The predicted molar refractivity (Wildman–Crippen MR) is 130 cm³/mol. The first-order chi connectivity index (χ1) is 15.5. The monoisotopic (exact) mass is 452 g/mol. The molecule has 2 N–H and O–H groups in total. The van der Waals surface area contributed by atoms with E-state index < -0.39 is 0 Å². The molecule has 0 saturated carbocycles. The molecule has 4 heterocycles. The molecular formula is C23H29ClN8. The molecular weight excluding hydrogens is 424 g/mol. The zero-order valence-corrected chi connectivity index (χ0v) is 19.4. The smallest absolute Gasteiger partial charge is 0.229 e. The molecule has 0 aliphatic carbocycles. The summed E-state index contributed by atoms with van der Waals surface area (Å²) in [4.78, 5) is 23.8. The summed E-state index contributed by atoms with van der Waals surface area (Å²) in [5.74, 6) is 2.08. The molecule has 9 heteroatoms. The summed E-state index contributed by atoms with van der Waals surface area (Å²) in [6.45, 7) is 9.73. The van der Waals surface area contributed by atoms with Crippen LogP contribution in [0, 0.1) is 0 Å². The van der Waals surface area contributed by atoms with Crippen molar-refractivity contribution in [1.82, 2.24) is 25.3 Å². The topological polar surface area (TPSA) is 82.1 Å². The number of benzene rings is 1. The maximum Gasteiger partial charge on any atom is 0.229 e. The van der Waals surface area contributed by atoms with E-state index in [1.165, 1.54) is 0 Å². The molecule has 2 aromatic heterocycles. The van der Waals surface area contributed by atoms with Crippen LogP contribution in [-0.2, 0) is 5.54 Å². The van der Waals surface area contributed by atoms with Gasteiger partial charge >= 0.3 is 0 Å². The van der Waals surface area contributed by atoms with Gasteiger partial charge in [-0.3, -0.25) is 0 Å². The Labute approximate surface area is 193 Å². The molecule has 2 fully saturated rings. The molecule has 3 aromatic rings. The number of nitrogens with zero attached hydrogens (tertiary/aromatic N) is 6. The Morgan fingerprint density at radius 1 is 0.906 bits per heavy atom. The lowest BCUT2D eigenvalue weighted by Crippen LogP contribution is -2.44. The van der Waals surface area contributed by atoms with Gasteiger partial charge in [0.2, 0.25) is 5.95 Å². The Bertz CT molecular complexity index is 1090. The zero-order chi connectivity index (χ0) is 22.1. The van der Waals surface area contributed by atoms with Crippen molar-refractivity contribution in [1.29, 1.82) is 0 Å². The van der Waals surface area contributed by atoms with E-state index in [9.17, 15) is 0 Å². The van der Waals surface area contributed by atoms with E-state index >= 15 is 0 Å². The number of aromatic nitrogens is 4. The number of hydrogen-bond donors (Lipinski definition) is 2. The highest BCUT2D eigenvalue weighted by Gasteiger charge is 2.26. The second-order valence-electron chi connectivity index (χ2n) is 8.93. The maximum absolute atomic E-state index is 6.64. The van der Waals surface area contributed by atoms with E-state index in [4.69, 9.17) is 31.5 Å². The number of piperazine rings is 1. The van der Waals surface area contributed by atoms with Crippen LogP contribution in [0.1, 0.15) is 32.3 Å². The molecule has 0 unspecified atom stereocenters. The first-order valence-corrected chi connectivity index (χ1v) is 11.7. The highest BCUT2D eigenvalue weighted by molar-refractivity contribution is 6.32. The Morgan fingerprint density at radius 2 is 1.62 bits per heavy atom. The molecule has 168 valence electrons. The highest BCUT2D eigenvalue weighted by atomic mass is 35.5. The van der Waals surface area contributed by atoms with E-state index in [0.29, 0.717) is 28.1 Å². The van der Waals surface area contributed by atoms with Crippen LogP contribution in [-0.4, -0.2) is 59.2 Å². The minimum Gasteiger partial charge on any atom is -0.358 e. The Hall–Kier alpha value is -2.71. The summed E-state index contributed by atoms with van der Waals surface area (Å²) in [7, 11) is 0. The van der Waals surface area contributed by atoms with Crippen LogP contribution in [0.5, 0.6) is 0 Å². The second kappa shape index (κ2) is 8.67. The van der Waals surface area contributed by atoms with Gasteiger partial charge in [-0.05, 0) is 32.3 Å². The Morgan fingerprint density at radius 3 is 2.34 bits per heavy atom. The molecule has 2 aliphatic rings. The molecule has 32 heavy (non-hydrogen) atoms. The van der Waals surface area contributed by atoms with Crippen molar-refractivity contribution in [2.45, 2.75) is 32.2 Å². The number of hydrogen-bond acceptors (Lipinski definition) is 8. The van der Waals surface area contributed by atoms with Crippen molar-refractivity contribution in [3.8, 4) is 0 Å². The lowest BCUT2D eigenvalue weighted by atomic mass is 9.94. The van der Waals surface area contributed by atoms with Crippen LogP contribution < -0.4 is 20.4 Å². The average Bonchev–Trinajstić information content (AvgIpc) is 3.35. The first-order valence-electron chi connectivity index (χ1n) is 11.3. The lowest BCUT2D eigenvalue weighted by molar-refractivity contribution is 0.580. The van der Waals surface area contributed by atoms with Gasteiger partial charge in [0, 0.05) is 39.3 Å². The molecule has 0 bridgehead atoms. The second-order valence-corrected chi connectivity index (χ2v) is 9.29. The van der Waals surface area contributed by atoms with Crippen molar-refractivity contribution in [3.63, 3.8) is 0 Å². The minimum absolute atomic E-state index is 0.334. The third-order valence-electron chi connectivity index (χ3n) is 6.19. The van der Waals surface area contributed by atoms with E-state index in [0.717, 1.165) is 63.5 Å². The van der Waals surface area contributed by atoms with Gasteiger partial charge in [-0.25, -0.2) is 9.97 Å². The molecule has 0 spiro atoms. The Kier molecular flexibility index (Phi) is 5.73. The predicted octanol–water partition coefficient (Wildman–Crippen LogP) is 3.43. The van der Waals surface area contributed by atoms with Gasteiger partial charge < -0.3 is 20.4 Å². The van der Waals surface area contributed by atoms with Crippen molar-refractivity contribution >= 4 is 40.3 Å². The summed E-state index contributed by atoms with van der Waals surface area (Å²) in [5.41, 5.74) is 2.00. The summed E-state index contributed by atoms with van der Waals surface area (Å²) >= 11 is 6.64. The van der Waals surface area contributed by atoms with Crippen molar-refractivity contribution in [2.24, 2.45) is 0 Å². The third kappa shape index (κ3) is 4.17. The quantitative estimate of drug-likeness (QED) is 0.609.